The molecule has 0 amide bonds. The Morgan fingerprint density at radius 1 is 0.724 bits per heavy atom. The topological polar surface area (TPSA) is 252 Å². The number of fused-ring (bicyclic) bond motifs is 5. The molecular weight excluding hydrogens is 1110 g/mol. The van der Waals surface area contributed by atoms with Crippen LogP contribution in [0, 0.1) is 39.9 Å². The van der Waals surface area contributed by atoms with E-state index < -0.39 is 162 Å². The van der Waals surface area contributed by atoms with E-state index >= 15 is 0 Å². The van der Waals surface area contributed by atoms with Crippen LogP contribution >= 0.6 is 58.0 Å². The number of allylic oxidation sites excluding steroid dienone is 2. The summed E-state index contributed by atoms with van der Waals surface area (Å²) in [6, 6.07) is 0. The smallest absolute Gasteiger partial charge is 0.331 e. The first-order valence-corrected chi connectivity index (χ1v) is 28.1. The van der Waals surface area contributed by atoms with Crippen molar-refractivity contribution in [2.45, 2.75) is 168 Å². The number of rotatable bonds is 20. The maximum Gasteiger partial charge on any atom is 0.331 e. The van der Waals surface area contributed by atoms with E-state index in [2.05, 4.69) is 27.7 Å². The zero-order valence-corrected chi connectivity index (χ0v) is 47.3. The summed E-state index contributed by atoms with van der Waals surface area (Å²) < 4.78 is 58.8. The standard InChI is InChI=1S/C52H69Cl5O19/c1-25(2)9-8-10-28(47(65)66)42-30-17-31(59)46-50(5)15-14-32(26(3)29(50)13-16-51(46,6)52(30,7)18-34(42)68-27(4)58)69-41-12-11-33(48(76-41)75-40(64)23-57)70-49-45(74-39(63)22-56)44(73-38(62)21-55)43(72-37(61)20-54)35(71-49)24-67-36(60)19-53/h9,11-12,26,29-35,41,43-46,48-49,59H,8,10,13-24H2,1-7H3,(H,65,66)/b42-28-/t26-,29?,30-,31?,32+,33-,34-,35+,41-,43+,44-,45+,46?,48-,49?,50-,51-,52-/m0/s1. The van der Waals surface area contributed by atoms with Gasteiger partial charge in [0.25, 0.3) is 0 Å². The Kier molecular flexibility index (Phi) is 21.5. The fourth-order valence-electron chi connectivity index (χ4n) is 13.6. The second-order valence-electron chi connectivity index (χ2n) is 21.4. The van der Waals surface area contributed by atoms with Gasteiger partial charge >= 0.3 is 41.8 Å². The summed E-state index contributed by atoms with van der Waals surface area (Å²) >= 11 is 28.9. The minimum atomic E-state index is -1.79. The highest BCUT2D eigenvalue weighted by Crippen LogP contribution is 2.74. The molecule has 0 bridgehead atoms. The molecule has 6 rings (SSSR count). The molecule has 2 heterocycles. The maximum atomic E-state index is 13.0. The van der Waals surface area contributed by atoms with E-state index in [0.29, 0.717) is 44.1 Å². The molecule has 76 heavy (non-hydrogen) atoms. The quantitative estimate of drug-likeness (QED) is 0.0407. The second kappa shape index (κ2) is 26.4. The molecule has 0 spiro atoms. The van der Waals surface area contributed by atoms with Crippen LogP contribution in [0.5, 0.6) is 0 Å². The van der Waals surface area contributed by atoms with Gasteiger partial charge in [0.05, 0.1) is 12.2 Å². The highest BCUT2D eigenvalue weighted by molar-refractivity contribution is 6.27. The Labute approximate surface area is 467 Å². The Morgan fingerprint density at radius 2 is 1.33 bits per heavy atom. The van der Waals surface area contributed by atoms with Crippen molar-refractivity contribution < 1.29 is 91.1 Å². The predicted octanol–water partition coefficient (Wildman–Crippen LogP) is 7.05. The molecule has 4 unspecified atom stereocenters. The van der Waals surface area contributed by atoms with E-state index in [1.54, 1.807) is 0 Å². The van der Waals surface area contributed by atoms with Crippen molar-refractivity contribution in [1.82, 2.24) is 0 Å². The lowest BCUT2D eigenvalue weighted by Gasteiger charge is -2.69. The molecule has 0 radical (unpaired) electrons. The van der Waals surface area contributed by atoms with Gasteiger partial charge in [-0.2, -0.15) is 0 Å². The van der Waals surface area contributed by atoms with E-state index in [0.717, 1.165) is 12.0 Å². The third kappa shape index (κ3) is 13.3. The number of esters is 6. The van der Waals surface area contributed by atoms with Crippen molar-refractivity contribution in [3.8, 4) is 0 Å². The fraction of sp³-hybridized carbons (Fsp3) is 0.750. The number of aliphatic hydroxyl groups is 1. The van der Waals surface area contributed by atoms with E-state index in [9.17, 15) is 43.8 Å². The number of aliphatic carboxylic acids is 1. The number of alkyl halides is 5. The van der Waals surface area contributed by atoms with Gasteiger partial charge in [0.1, 0.15) is 54.3 Å². The zero-order valence-electron chi connectivity index (χ0n) is 43.5. The number of carboxylic acid groups (broad SMARTS) is 1. The first-order valence-electron chi connectivity index (χ1n) is 25.4. The van der Waals surface area contributed by atoms with Crippen molar-refractivity contribution in [3.05, 3.63) is 34.9 Å². The average Bonchev–Trinajstić information content (AvgIpc) is 3.64. The van der Waals surface area contributed by atoms with Crippen LogP contribution in [0.3, 0.4) is 0 Å². The van der Waals surface area contributed by atoms with Gasteiger partial charge < -0.3 is 57.6 Å². The van der Waals surface area contributed by atoms with Gasteiger partial charge in [-0.05, 0) is 123 Å². The Bertz CT molecular complexity index is 2260. The van der Waals surface area contributed by atoms with Crippen LogP contribution in [0.15, 0.2) is 34.9 Å². The summed E-state index contributed by atoms with van der Waals surface area (Å²) in [4.78, 5) is 88.9. The van der Waals surface area contributed by atoms with Gasteiger partial charge in [-0.15, -0.1) is 58.0 Å². The van der Waals surface area contributed by atoms with Gasteiger partial charge in [0, 0.05) is 12.5 Å². The number of carbonyl (C=O) groups excluding carboxylic acids is 6. The molecule has 19 nitrogen and oxygen atoms in total. The number of aliphatic hydroxyl groups excluding tert-OH is 1. The van der Waals surface area contributed by atoms with Gasteiger partial charge in [-0.1, -0.05) is 39.3 Å². The number of hydrogen-bond acceptors (Lipinski definition) is 18. The maximum absolute atomic E-state index is 13.0. The lowest BCUT2D eigenvalue weighted by atomic mass is 9.36. The summed E-state index contributed by atoms with van der Waals surface area (Å²) in [6.45, 7) is 13.3. The average molecular weight is 1180 g/mol. The summed E-state index contributed by atoms with van der Waals surface area (Å²) in [5.74, 6) is -10.3. The fourth-order valence-corrected chi connectivity index (χ4v) is 13.9. The molecule has 4 saturated carbocycles. The van der Waals surface area contributed by atoms with Crippen molar-refractivity contribution in [1.29, 1.82) is 0 Å². The van der Waals surface area contributed by atoms with Gasteiger partial charge in [0.15, 0.2) is 30.9 Å². The Balaban J connectivity index is 1.26. The minimum absolute atomic E-state index is 0.0492. The molecular formula is C52H69Cl5O19. The normalized spacial score (nSPS) is 38.2. The first kappa shape index (κ1) is 62.0. The SMILES string of the molecule is CC(=O)O[C@H]1C[C@@]2(C)[C@@H](CC(O)C3[C@@]4(C)CC[C@@H](O[C@@H]5C=C[C@H](OC6O[C@H](COC(=O)CCl)[C@@H](OC(=O)CCl)[C@H](OC(=O)CCl)[C@H]6OC(=O)CCl)[C@@H](OC(=O)CCl)O5)[C@@H](C)C4CC[C@@]32C)/C1=C(\CCC=C(C)C)C(=O)O. The molecule has 0 aromatic rings. The lowest BCUT2D eigenvalue weighted by Crippen LogP contribution is -2.65. The largest absolute Gasteiger partial charge is 0.478 e. The molecule has 2 N–H and O–H groups in total. The van der Waals surface area contributed by atoms with Crippen LogP contribution in [0.2, 0.25) is 0 Å². The van der Waals surface area contributed by atoms with E-state index in [4.69, 9.17) is 105 Å². The molecule has 0 aromatic carbocycles. The van der Waals surface area contributed by atoms with Crippen LogP contribution in [0.25, 0.3) is 0 Å². The highest BCUT2D eigenvalue weighted by Gasteiger charge is 2.71. The van der Waals surface area contributed by atoms with Crippen LogP contribution in [-0.2, 0) is 80.9 Å². The van der Waals surface area contributed by atoms with Gasteiger partial charge in [0.2, 0.25) is 6.29 Å². The molecule has 426 valence electrons. The third-order valence-electron chi connectivity index (χ3n) is 16.7. The van der Waals surface area contributed by atoms with E-state index in [1.807, 2.05) is 19.9 Å². The molecule has 24 heteroatoms. The summed E-state index contributed by atoms with van der Waals surface area (Å²) in [5, 5.41) is 23.2. The van der Waals surface area contributed by atoms with E-state index in [1.165, 1.54) is 19.1 Å². The second-order valence-corrected chi connectivity index (χ2v) is 22.7. The van der Waals surface area contributed by atoms with Crippen LogP contribution in [-0.4, -0.2) is 156 Å². The Hall–Kier alpha value is -3.24. The Morgan fingerprint density at radius 3 is 1.92 bits per heavy atom. The van der Waals surface area contributed by atoms with Gasteiger partial charge in [-0.25, -0.2) is 4.79 Å². The summed E-state index contributed by atoms with van der Waals surface area (Å²) in [7, 11) is 0. The monoisotopic (exact) mass is 1170 g/mol. The van der Waals surface area contributed by atoms with E-state index in [-0.39, 0.29) is 35.7 Å². The molecule has 6 aliphatic rings. The predicted molar refractivity (Wildman–Crippen MR) is 273 cm³/mol. The summed E-state index contributed by atoms with van der Waals surface area (Å²) in [6.07, 6.45) is -5.36. The molecule has 5 fully saturated rings. The number of carbonyl (C=O) groups is 7. The van der Waals surface area contributed by atoms with Crippen molar-refractivity contribution in [2.75, 3.05) is 36.0 Å². The third-order valence-corrected chi connectivity index (χ3v) is 17.8. The van der Waals surface area contributed by atoms with Crippen molar-refractivity contribution >= 4 is 99.8 Å². The highest BCUT2D eigenvalue weighted by atomic mass is 35.5. The number of carboxylic acids is 1. The van der Waals surface area contributed by atoms with Gasteiger partial charge in [-0.3, -0.25) is 28.8 Å². The lowest BCUT2D eigenvalue weighted by molar-refractivity contribution is -0.339. The van der Waals surface area contributed by atoms with Crippen LogP contribution < -0.4 is 0 Å². The zero-order chi connectivity index (χ0) is 56.0. The number of halogens is 5. The van der Waals surface area contributed by atoms with Crippen LogP contribution in [0.4, 0.5) is 0 Å². The van der Waals surface area contributed by atoms with Crippen molar-refractivity contribution in [3.63, 3.8) is 0 Å². The minimum Gasteiger partial charge on any atom is -0.478 e. The number of hydrogen-bond donors (Lipinski definition) is 2. The molecule has 1 saturated heterocycles. The first-order chi connectivity index (χ1) is 35.9. The molecule has 4 aliphatic carbocycles. The molecule has 0 aromatic heterocycles. The van der Waals surface area contributed by atoms with Crippen molar-refractivity contribution in [2.24, 2.45) is 39.9 Å². The number of ether oxygens (including phenoxy) is 10. The molecule has 18 atom stereocenters. The molecule has 2 aliphatic heterocycles. The summed E-state index contributed by atoms with van der Waals surface area (Å²) in [5.41, 5.74) is 0.507. The van der Waals surface area contributed by atoms with Crippen LogP contribution in [0.1, 0.15) is 99.8 Å².